The van der Waals surface area contributed by atoms with Crippen LogP contribution in [0.3, 0.4) is 0 Å². The van der Waals surface area contributed by atoms with Gasteiger partial charge in [0.15, 0.2) is 5.65 Å². The Morgan fingerprint density at radius 1 is 1.20 bits per heavy atom. The Morgan fingerprint density at radius 2 is 1.85 bits per heavy atom. The number of aromatic amines is 1. The number of H-pyrrole nitrogens is 1. The van der Waals surface area contributed by atoms with Crippen LogP contribution in [-0.2, 0) is 9.47 Å². The second kappa shape index (κ2) is 5.51. The van der Waals surface area contributed by atoms with E-state index in [0.717, 1.165) is 4.52 Å². The van der Waals surface area contributed by atoms with Crippen molar-refractivity contribution in [3.05, 3.63) is 27.8 Å². The van der Waals surface area contributed by atoms with Crippen molar-refractivity contribution in [1.82, 2.24) is 19.8 Å². The molecule has 0 spiro atoms. The second-order valence-corrected chi connectivity index (χ2v) is 3.64. The van der Waals surface area contributed by atoms with Gasteiger partial charge in [0.1, 0.15) is 5.56 Å². The first-order chi connectivity index (χ1) is 9.60. The molecule has 0 atom stereocenters. The number of esters is 2. The summed E-state index contributed by atoms with van der Waals surface area (Å²) in [6.45, 7) is 3.56. The highest BCUT2D eigenvalue weighted by Crippen LogP contribution is 2.07. The summed E-state index contributed by atoms with van der Waals surface area (Å²) in [5, 5.41) is 9.73. The molecule has 2 aromatic heterocycles. The minimum Gasteiger partial charge on any atom is -0.462 e. The Balaban J connectivity index is 2.52. The molecule has 0 aliphatic rings. The first kappa shape index (κ1) is 13.7. The van der Waals surface area contributed by atoms with Gasteiger partial charge in [0.25, 0.3) is 0 Å². The average molecular weight is 280 g/mol. The zero-order chi connectivity index (χ0) is 14.7. The van der Waals surface area contributed by atoms with Crippen LogP contribution in [0.2, 0.25) is 0 Å². The fraction of sp³-hybridized carbons (Fsp3) is 0.364. The molecule has 0 radical (unpaired) electrons. The maximum absolute atomic E-state index is 12.0. The number of fused-ring (bicyclic) bond motifs is 1. The summed E-state index contributed by atoms with van der Waals surface area (Å²) in [6.07, 6.45) is 1.26. The predicted octanol–water partition coefficient (Wildman–Crippen LogP) is -0.229. The molecule has 2 heterocycles. The highest BCUT2D eigenvalue weighted by Gasteiger charge is 2.21. The molecule has 9 heteroatoms. The van der Waals surface area contributed by atoms with Gasteiger partial charge in [-0.3, -0.25) is 9.89 Å². The van der Waals surface area contributed by atoms with E-state index in [2.05, 4.69) is 15.3 Å². The molecule has 2 rings (SSSR count). The van der Waals surface area contributed by atoms with E-state index in [1.807, 2.05) is 0 Å². The van der Waals surface area contributed by atoms with E-state index in [1.54, 1.807) is 13.8 Å². The van der Waals surface area contributed by atoms with E-state index in [-0.39, 0.29) is 24.4 Å². The fourth-order valence-electron chi connectivity index (χ4n) is 1.56. The minimum atomic E-state index is -0.869. The summed E-state index contributed by atoms with van der Waals surface area (Å²) in [7, 11) is 0. The van der Waals surface area contributed by atoms with Gasteiger partial charge in [0.05, 0.1) is 13.2 Å². The van der Waals surface area contributed by atoms with Crippen LogP contribution in [0, 0.1) is 0 Å². The number of hydrogen-bond donors (Lipinski definition) is 1. The van der Waals surface area contributed by atoms with Crippen molar-refractivity contribution in [2.45, 2.75) is 13.8 Å². The number of carbonyl (C=O) groups is 2. The number of rotatable bonds is 4. The number of ether oxygens (including phenoxy) is 2. The summed E-state index contributed by atoms with van der Waals surface area (Å²) in [5.74, 6) is -1.50. The Hall–Kier alpha value is -2.71. The van der Waals surface area contributed by atoms with Gasteiger partial charge in [-0.25, -0.2) is 9.59 Å². The lowest BCUT2D eigenvalue weighted by molar-refractivity contribution is 0.0512. The smallest absolute Gasteiger partial charge is 0.364 e. The average Bonchev–Trinajstić information content (AvgIpc) is 2.84. The lowest BCUT2D eigenvalue weighted by atomic mass is 10.3. The van der Waals surface area contributed by atoms with Crippen LogP contribution in [0.4, 0.5) is 0 Å². The lowest BCUT2D eigenvalue weighted by Crippen LogP contribution is -2.27. The number of carbonyl (C=O) groups excluding carboxylic acids is 2. The van der Waals surface area contributed by atoms with Gasteiger partial charge < -0.3 is 9.47 Å². The van der Waals surface area contributed by atoms with E-state index in [0.29, 0.717) is 0 Å². The van der Waals surface area contributed by atoms with Crippen LogP contribution >= 0.6 is 0 Å². The third-order valence-electron chi connectivity index (χ3n) is 2.41. The second-order valence-electron chi connectivity index (χ2n) is 3.64. The summed E-state index contributed by atoms with van der Waals surface area (Å²) >= 11 is 0. The Bertz CT molecular complexity index is 717. The molecular weight excluding hydrogens is 268 g/mol. The monoisotopic (exact) mass is 280 g/mol. The van der Waals surface area contributed by atoms with Crippen LogP contribution in [0.25, 0.3) is 5.65 Å². The minimum absolute atomic E-state index is 0.0125. The van der Waals surface area contributed by atoms with Gasteiger partial charge in [-0.1, -0.05) is 0 Å². The maximum atomic E-state index is 12.0. The van der Waals surface area contributed by atoms with Gasteiger partial charge in [-0.05, 0) is 13.8 Å². The first-order valence-electron chi connectivity index (χ1n) is 5.91. The zero-order valence-electron chi connectivity index (χ0n) is 10.9. The largest absolute Gasteiger partial charge is 0.462 e. The molecule has 0 amide bonds. The topological polar surface area (TPSA) is 116 Å². The SMILES string of the molecule is CCOC(=O)c1nnc2c(C(=O)OCC)c[nH]n2c1=O. The number of aromatic nitrogens is 4. The van der Waals surface area contributed by atoms with E-state index in [9.17, 15) is 14.4 Å². The zero-order valence-corrected chi connectivity index (χ0v) is 10.9. The van der Waals surface area contributed by atoms with Crippen molar-refractivity contribution in [3.63, 3.8) is 0 Å². The Kier molecular flexibility index (Phi) is 3.78. The van der Waals surface area contributed by atoms with E-state index in [1.165, 1.54) is 6.20 Å². The van der Waals surface area contributed by atoms with Gasteiger partial charge >= 0.3 is 17.5 Å². The summed E-state index contributed by atoms with van der Waals surface area (Å²) in [6, 6.07) is 0. The van der Waals surface area contributed by atoms with Crippen molar-refractivity contribution in [2.75, 3.05) is 13.2 Å². The molecule has 9 nitrogen and oxygen atoms in total. The van der Waals surface area contributed by atoms with Crippen LogP contribution in [0.1, 0.15) is 34.7 Å². The first-order valence-corrected chi connectivity index (χ1v) is 5.91. The van der Waals surface area contributed by atoms with Crippen molar-refractivity contribution >= 4 is 17.6 Å². The van der Waals surface area contributed by atoms with E-state index >= 15 is 0 Å². The maximum Gasteiger partial charge on any atom is 0.364 e. The van der Waals surface area contributed by atoms with Crippen molar-refractivity contribution in [2.24, 2.45) is 0 Å². The third kappa shape index (κ3) is 2.25. The van der Waals surface area contributed by atoms with Crippen LogP contribution in [0.15, 0.2) is 11.0 Å². The molecule has 0 saturated carbocycles. The Morgan fingerprint density at radius 3 is 2.50 bits per heavy atom. The summed E-state index contributed by atoms with van der Waals surface area (Å²) < 4.78 is 10.4. The van der Waals surface area contributed by atoms with Crippen LogP contribution in [0.5, 0.6) is 0 Å². The number of nitrogens with one attached hydrogen (secondary N) is 1. The van der Waals surface area contributed by atoms with Crippen molar-refractivity contribution in [1.29, 1.82) is 0 Å². The molecule has 0 saturated heterocycles. The van der Waals surface area contributed by atoms with Crippen LogP contribution < -0.4 is 5.56 Å². The molecule has 2 aromatic rings. The van der Waals surface area contributed by atoms with Crippen molar-refractivity contribution < 1.29 is 19.1 Å². The molecule has 106 valence electrons. The molecule has 0 bridgehead atoms. The summed E-state index contributed by atoms with van der Waals surface area (Å²) in [5.41, 5.74) is -1.15. The summed E-state index contributed by atoms with van der Waals surface area (Å²) in [4.78, 5) is 35.2. The molecule has 0 unspecified atom stereocenters. The fourth-order valence-corrected chi connectivity index (χ4v) is 1.56. The predicted molar refractivity (Wildman–Crippen MR) is 65.5 cm³/mol. The molecule has 1 N–H and O–H groups in total. The van der Waals surface area contributed by atoms with Gasteiger partial charge in [0.2, 0.25) is 5.69 Å². The number of nitrogens with zero attached hydrogens (tertiary/aromatic N) is 3. The quantitative estimate of drug-likeness (QED) is 0.769. The third-order valence-corrected chi connectivity index (χ3v) is 2.41. The lowest BCUT2D eigenvalue weighted by Gasteiger charge is -2.01. The molecule has 20 heavy (non-hydrogen) atoms. The molecule has 0 aromatic carbocycles. The highest BCUT2D eigenvalue weighted by atomic mass is 16.5. The number of hydrogen-bond acceptors (Lipinski definition) is 7. The Labute approximate surface area is 112 Å². The van der Waals surface area contributed by atoms with E-state index < -0.39 is 23.2 Å². The van der Waals surface area contributed by atoms with Crippen LogP contribution in [-0.4, -0.2) is 45.0 Å². The molecular formula is C11H12N4O5. The molecule has 0 aliphatic heterocycles. The van der Waals surface area contributed by atoms with E-state index in [4.69, 9.17) is 9.47 Å². The molecule has 0 fully saturated rings. The van der Waals surface area contributed by atoms with Gasteiger partial charge in [0, 0.05) is 6.20 Å². The highest BCUT2D eigenvalue weighted by molar-refractivity contribution is 5.95. The van der Waals surface area contributed by atoms with Crippen molar-refractivity contribution in [3.8, 4) is 0 Å². The standard InChI is InChI=1S/C11H12N4O5/c1-3-19-10(17)6-5-12-15-8(6)14-13-7(9(15)16)11(18)20-4-2/h5,12H,3-4H2,1-2H3. The van der Waals surface area contributed by atoms with Gasteiger partial charge in [-0.15, -0.1) is 10.2 Å². The van der Waals surface area contributed by atoms with Gasteiger partial charge in [-0.2, -0.15) is 4.52 Å². The normalized spacial score (nSPS) is 10.5. The molecule has 0 aliphatic carbocycles.